The van der Waals surface area contributed by atoms with Crippen LogP contribution in [-0.4, -0.2) is 15.5 Å². The minimum Gasteiger partial charge on any atom is -0.322 e. The fraction of sp³-hybridized carbons (Fsp3) is 0.0833. The van der Waals surface area contributed by atoms with Crippen molar-refractivity contribution < 1.29 is 4.79 Å². The number of aromatic nitrogens is 2. The number of hydrogen-bond donors (Lipinski definition) is 1. The number of nitrogens with zero attached hydrogens (tertiary/aromatic N) is 2. The number of rotatable bonds is 3. The van der Waals surface area contributed by atoms with Crippen molar-refractivity contribution in [3.63, 3.8) is 0 Å². The van der Waals surface area contributed by atoms with E-state index in [1.54, 1.807) is 12.5 Å². The monoisotopic (exact) mass is 365 g/mol. The van der Waals surface area contributed by atoms with Crippen LogP contribution in [0.25, 0.3) is 16.8 Å². The number of carbonyl (C=O) groups is 1. The second kappa shape index (κ2) is 6.50. The van der Waals surface area contributed by atoms with Crippen LogP contribution in [0.15, 0.2) is 79.4 Å². The van der Waals surface area contributed by atoms with Crippen molar-refractivity contribution in [3.8, 4) is 16.8 Å². The molecule has 1 amide bonds. The van der Waals surface area contributed by atoms with Crippen LogP contribution in [0, 0.1) is 6.92 Å². The van der Waals surface area contributed by atoms with E-state index in [-0.39, 0.29) is 5.91 Å². The van der Waals surface area contributed by atoms with Gasteiger partial charge >= 0.3 is 0 Å². The highest BCUT2D eigenvalue weighted by Crippen LogP contribution is 2.38. The molecule has 136 valence electrons. The van der Waals surface area contributed by atoms with E-state index in [1.165, 1.54) is 11.1 Å². The van der Waals surface area contributed by atoms with Crippen molar-refractivity contribution in [2.45, 2.75) is 13.3 Å². The van der Waals surface area contributed by atoms with Crippen molar-refractivity contribution in [1.82, 2.24) is 9.55 Å². The number of amides is 1. The summed E-state index contributed by atoms with van der Waals surface area (Å²) in [5.41, 5.74) is 8.38. The first kappa shape index (κ1) is 16.5. The van der Waals surface area contributed by atoms with Crippen molar-refractivity contribution in [2.24, 2.45) is 0 Å². The molecular formula is C24H19N3O. The predicted molar refractivity (Wildman–Crippen MR) is 111 cm³/mol. The lowest BCUT2D eigenvalue weighted by molar-refractivity contribution is 0.102. The van der Waals surface area contributed by atoms with Crippen molar-refractivity contribution >= 4 is 11.6 Å². The molecule has 5 rings (SSSR count). The Morgan fingerprint density at radius 1 is 1.04 bits per heavy atom. The Kier molecular flexibility index (Phi) is 3.83. The second-order valence-corrected chi connectivity index (χ2v) is 7.09. The van der Waals surface area contributed by atoms with Gasteiger partial charge in [-0.25, -0.2) is 4.98 Å². The Balaban J connectivity index is 1.47. The maximum Gasteiger partial charge on any atom is 0.255 e. The molecular weight excluding hydrogens is 346 g/mol. The summed E-state index contributed by atoms with van der Waals surface area (Å²) in [4.78, 5) is 17.2. The lowest BCUT2D eigenvalue weighted by Gasteiger charge is -2.12. The molecule has 3 aromatic carbocycles. The van der Waals surface area contributed by atoms with Gasteiger partial charge < -0.3 is 9.88 Å². The van der Waals surface area contributed by atoms with E-state index in [4.69, 9.17) is 0 Å². The van der Waals surface area contributed by atoms with Gasteiger partial charge in [0.25, 0.3) is 5.91 Å². The molecule has 0 radical (unpaired) electrons. The lowest BCUT2D eigenvalue weighted by atomic mass is 10.0. The molecule has 0 saturated carbocycles. The first-order valence-corrected chi connectivity index (χ1v) is 9.31. The summed E-state index contributed by atoms with van der Waals surface area (Å²) >= 11 is 0. The van der Waals surface area contributed by atoms with Gasteiger partial charge in [-0.15, -0.1) is 0 Å². The lowest BCUT2D eigenvalue weighted by Crippen LogP contribution is -2.14. The van der Waals surface area contributed by atoms with Gasteiger partial charge in [-0.2, -0.15) is 0 Å². The molecule has 0 spiro atoms. The number of aryl methyl sites for hydroxylation is 1. The highest BCUT2D eigenvalue weighted by molar-refractivity contribution is 6.07. The van der Waals surface area contributed by atoms with E-state index in [9.17, 15) is 4.79 Å². The molecule has 0 atom stereocenters. The quantitative estimate of drug-likeness (QED) is 0.489. The summed E-state index contributed by atoms with van der Waals surface area (Å²) in [5.74, 6) is -0.0786. The van der Waals surface area contributed by atoms with Crippen LogP contribution >= 0.6 is 0 Å². The molecule has 1 N–H and O–H groups in total. The Morgan fingerprint density at radius 3 is 2.75 bits per heavy atom. The average Bonchev–Trinajstić information content (AvgIpc) is 3.37. The maximum absolute atomic E-state index is 13.1. The molecule has 1 aromatic heterocycles. The smallest absolute Gasteiger partial charge is 0.255 e. The molecule has 0 fully saturated rings. The van der Waals surface area contributed by atoms with Crippen LogP contribution in [0.5, 0.6) is 0 Å². The SMILES string of the molecule is Cc1ccc(NC(=O)c2cccc3c2Cc2ccccc2-3)cc1-n1ccnc1. The largest absolute Gasteiger partial charge is 0.322 e. The van der Waals surface area contributed by atoms with E-state index in [2.05, 4.69) is 28.5 Å². The van der Waals surface area contributed by atoms with E-state index < -0.39 is 0 Å². The van der Waals surface area contributed by atoms with Crippen molar-refractivity contribution in [3.05, 3.63) is 102 Å². The van der Waals surface area contributed by atoms with Gasteiger partial charge in [-0.1, -0.05) is 42.5 Å². The number of nitrogens with one attached hydrogen (secondary N) is 1. The average molecular weight is 365 g/mol. The molecule has 4 aromatic rings. The van der Waals surface area contributed by atoms with Crippen molar-refractivity contribution in [2.75, 3.05) is 5.32 Å². The number of anilines is 1. The molecule has 0 aliphatic heterocycles. The van der Waals surface area contributed by atoms with Gasteiger partial charge in [0.05, 0.1) is 12.0 Å². The van der Waals surface area contributed by atoms with Crippen LogP contribution in [0.2, 0.25) is 0 Å². The second-order valence-electron chi connectivity index (χ2n) is 7.09. The summed E-state index contributed by atoms with van der Waals surface area (Å²) in [6, 6.07) is 20.2. The standard InChI is InChI=1S/C24H19N3O/c1-16-9-10-18(14-23(16)27-12-11-25-15-27)26-24(28)21-8-4-7-20-19-6-3-2-5-17(19)13-22(20)21/h2-12,14-15H,13H2,1H3,(H,26,28). The third-order valence-electron chi connectivity index (χ3n) is 5.34. The van der Waals surface area contributed by atoms with E-state index in [0.717, 1.165) is 40.0 Å². The van der Waals surface area contributed by atoms with Crippen molar-refractivity contribution in [1.29, 1.82) is 0 Å². The highest BCUT2D eigenvalue weighted by atomic mass is 16.1. The van der Waals surface area contributed by atoms with Gasteiger partial charge in [-0.3, -0.25) is 4.79 Å². The number of carbonyl (C=O) groups excluding carboxylic acids is 1. The molecule has 4 heteroatoms. The molecule has 28 heavy (non-hydrogen) atoms. The topological polar surface area (TPSA) is 46.9 Å². The number of imidazole rings is 1. The van der Waals surface area contributed by atoms with Gasteiger partial charge in [-0.05, 0) is 59.4 Å². The molecule has 1 heterocycles. The minimum atomic E-state index is -0.0786. The normalized spacial score (nSPS) is 11.8. The van der Waals surface area contributed by atoms with Crippen LogP contribution in [-0.2, 0) is 6.42 Å². The number of hydrogen-bond acceptors (Lipinski definition) is 2. The predicted octanol–water partition coefficient (Wildman–Crippen LogP) is 5.00. The fourth-order valence-electron chi connectivity index (χ4n) is 3.94. The van der Waals surface area contributed by atoms with Gasteiger partial charge in [0.1, 0.15) is 0 Å². The first-order chi connectivity index (χ1) is 13.7. The van der Waals surface area contributed by atoms with Crippen LogP contribution in [0.4, 0.5) is 5.69 Å². The zero-order valence-corrected chi connectivity index (χ0v) is 15.5. The number of fused-ring (bicyclic) bond motifs is 3. The summed E-state index contributed by atoms with van der Waals surface area (Å²) in [6.45, 7) is 2.04. The van der Waals surface area contributed by atoms with E-state index >= 15 is 0 Å². The van der Waals surface area contributed by atoms with Gasteiger partial charge in [0.15, 0.2) is 0 Å². The maximum atomic E-state index is 13.1. The Hall–Kier alpha value is -3.66. The third-order valence-corrected chi connectivity index (χ3v) is 5.34. The van der Waals surface area contributed by atoms with Crippen LogP contribution in [0.1, 0.15) is 27.0 Å². The Bertz CT molecular complexity index is 1190. The third kappa shape index (κ3) is 2.70. The summed E-state index contributed by atoms with van der Waals surface area (Å²) < 4.78 is 1.95. The van der Waals surface area contributed by atoms with E-state index in [0.29, 0.717) is 0 Å². The highest BCUT2D eigenvalue weighted by Gasteiger charge is 2.23. The molecule has 0 bridgehead atoms. The Labute approximate surface area is 163 Å². The molecule has 1 aliphatic rings. The molecule has 0 unspecified atom stereocenters. The number of benzene rings is 3. The fourth-order valence-corrected chi connectivity index (χ4v) is 3.94. The van der Waals surface area contributed by atoms with E-state index in [1.807, 2.05) is 60.2 Å². The first-order valence-electron chi connectivity index (χ1n) is 9.31. The summed E-state index contributed by atoms with van der Waals surface area (Å²) in [5, 5.41) is 3.07. The summed E-state index contributed by atoms with van der Waals surface area (Å²) in [6.07, 6.45) is 6.20. The van der Waals surface area contributed by atoms with Gasteiger partial charge in [0, 0.05) is 23.6 Å². The van der Waals surface area contributed by atoms with Crippen LogP contribution in [0.3, 0.4) is 0 Å². The minimum absolute atomic E-state index is 0.0786. The van der Waals surface area contributed by atoms with Gasteiger partial charge in [0.2, 0.25) is 0 Å². The zero-order chi connectivity index (χ0) is 19.1. The van der Waals surface area contributed by atoms with Crippen LogP contribution < -0.4 is 5.32 Å². The zero-order valence-electron chi connectivity index (χ0n) is 15.5. The molecule has 4 nitrogen and oxygen atoms in total. The molecule has 1 aliphatic carbocycles. The summed E-state index contributed by atoms with van der Waals surface area (Å²) in [7, 11) is 0. The Morgan fingerprint density at radius 2 is 1.89 bits per heavy atom. The molecule has 0 saturated heterocycles.